The molecule has 0 atom stereocenters. The van der Waals surface area contributed by atoms with Crippen molar-refractivity contribution in [2.45, 2.75) is 6.61 Å². The Balaban J connectivity index is 1.50. The van der Waals surface area contributed by atoms with E-state index in [9.17, 15) is 10.1 Å². The fourth-order valence-corrected chi connectivity index (χ4v) is 4.35. The number of rotatable bonds is 7. The molecule has 0 amide bonds. The molecular formula is C23H16Cl2N2O4S. The molecule has 1 aromatic heterocycles. The Morgan fingerprint density at radius 1 is 1.06 bits per heavy atom. The molecule has 0 spiro atoms. The topological polar surface area (TPSA) is 74.5 Å². The summed E-state index contributed by atoms with van der Waals surface area (Å²) in [5.74, 6) is 1.17. The predicted molar refractivity (Wildman–Crippen MR) is 129 cm³/mol. The van der Waals surface area contributed by atoms with Gasteiger partial charge in [0.15, 0.2) is 11.5 Å². The highest BCUT2D eigenvalue weighted by atomic mass is 35.5. The van der Waals surface area contributed by atoms with Gasteiger partial charge in [-0.3, -0.25) is 10.1 Å². The zero-order valence-electron chi connectivity index (χ0n) is 16.7. The van der Waals surface area contributed by atoms with Crippen LogP contribution in [0.2, 0.25) is 10.0 Å². The minimum Gasteiger partial charge on any atom is -0.493 e. The van der Waals surface area contributed by atoms with Crippen LogP contribution in [0.4, 0.5) is 5.69 Å². The Kier molecular flexibility index (Phi) is 6.60. The first-order valence-electron chi connectivity index (χ1n) is 9.41. The van der Waals surface area contributed by atoms with E-state index in [1.54, 1.807) is 25.3 Å². The number of hydrogen-bond donors (Lipinski definition) is 0. The zero-order valence-corrected chi connectivity index (χ0v) is 19.1. The standard InChI is InChI=1S/C23H16Cl2N2O4S/c1-30-21-10-14(2-8-20(21)31-13-15-4-5-16(24)11-18(15)25)3-9-23-26-19-7-6-17(27(28)29)12-22(19)32-23/h2-12H,13H2,1H3. The summed E-state index contributed by atoms with van der Waals surface area (Å²) in [6, 6.07) is 15.5. The third-order valence-corrected chi connectivity index (χ3v) is 6.17. The Labute approximate surface area is 197 Å². The van der Waals surface area contributed by atoms with E-state index in [1.807, 2.05) is 36.4 Å². The molecule has 32 heavy (non-hydrogen) atoms. The number of halogens is 2. The number of nitro benzene ring substituents is 1. The fourth-order valence-electron chi connectivity index (χ4n) is 2.98. The number of nitrogens with zero attached hydrogens (tertiary/aromatic N) is 2. The van der Waals surface area contributed by atoms with Gasteiger partial charge in [0, 0.05) is 27.7 Å². The molecular weight excluding hydrogens is 471 g/mol. The fraction of sp³-hybridized carbons (Fsp3) is 0.0870. The number of nitro groups is 1. The molecule has 0 saturated heterocycles. The highest BCUT2D eigenvalue weighted by Crippen LogP contribution is 2.32. The number of hydrogen-bond acceptors (Lipinski definition) is 6. The second kappa shape index (κ2) is 9.56. The van der Waals surface area contributed by atoms with Gasteiger partial charge in [-0.1, -0.05) is 41.4 Å². The van der Waals surface area contributed by atoms with Crippen LogP contribution >= 0.6 is 34.5 Å². The van der Waals surface area contributed by atoms with Crippen molar-refractivity contribution >= 4 is 62.6 Å². The summed E-state index contributed by atoms with van der Waals surface area (Å²) in [6.45, 7) is 0.277. The SMILES string of the molecule is COc1cc(C=Cc2nc3ccc([N+](=O)[O-])cc3s2)ccc1OCc1ccc(Cl)cc1Cl. The summed E-state index contributed by atoms with van der Waals surface area (Å²) in [4.78, 5) is 15.0. The Morgan fingerprint density at radius 2 is 1.91 bits per heavy atom. The van der Waals surface area contributed by atoms with Crippen LogP contribution in [0.1, 0.15) is 16.1 Å². The van der Waals surface area contributed by atoms with Crippen molar-refractivity contribution in [3.63, 3.8) is 0 Å². The largest absolute Gasteiger partial charge is 0.493 e. The zero-order chi connectivity index (χ0) is 22.7. The second-order valence-corrected chi connectivity index (χ2v) is 8.64. The van der Waals surface area contributed by atoms with Crippen molar-refractivity contribution in [3.05, 3.63) is 90.9 Å². The second-order valence-electron chi connectivity index (χ2n) is 6.73. The monoisotopic (exact) mass is 486 g/mol. The number of non-ortho nitro benzene ring substituents is 1. The maximum Gasteiger partial charge on any atom is 0.270 e. The molecule has 0 aliphatic rings. The van der Waals surface area contributed by atoms with E-state index in [-0.39, 0.29) is 12.3 Å². The minimum absolute atomic E-state index is 0.0527. The van der Waals surface area contributed by atoms with E-state index < -0.39 is 4.92 Å². The van der Waals surface area contributed by atoms with Gasteiger partial charge >= 0.3 is 0 Å². The minimum atomic E-state index is -0.411. The van der Waals surface area contributed by atoms with E-state index in [0.29, 0.717) is 21.5 Å². The van der Waals surface area contributed by atoms with Crippen LogP contribution < -0.4 is 9.47 Å². The molecule has 0 N–H and O–H groups in total. The van der Waals surface area contributed by atoms with Crippen molar-refractivity contribution in [1.82, 2.24) is 4.98 Å². The van der Waals surface area contributed by atoms with Crippen LogP contribution in [0.15, 0.2) is 54.6 Å². The van der Waals surface area contributed by atoms with Crippen LogP contribution in [-0.4, -0.2) is 17.0 Å². The number of methoxy groups -OCH3 is 1. The molecule has 6 nitrogen and oxygen atoms in total. The molecule has 0 bridgehead atoms. The summed E-state index contributed by atoms with van der Waals surface area (Å²) >= 11 is 13.5. The first kappa shape index (κ1) is 22.1. The highest BCUT2D eigenvalue weighted by molar-refractivity contribution is 7.19. The first-order chi connectivity index (χ1) is 15.4. The molecule has 9 heteroatoms. The molecule has 4 aromatic rings. The van der Waals surface area contributed by atoms with Crippen molar-refractivity contribution in [1.29, 1.82) is 0 Å². The van der Waals surface area contributed by atoms with Crippen LogP contribution in [0, 0.1) is 10.1 Å². The third kappa shape index (κ3) is 5.02. The molecule has 162 valence electrons. The number of ether oxygens (including phenoxy) is 2. The van der Waals surface area contributed by atoms with Gasteiger partial charge in [-0.25, -0.2) is 4.98 Å². The number of fused-ring (bicyclic) bond motifs is 1. The Hall–Kier alpha value is -3.13. The quantitative estimate of drug-likeness (QED) is 0.202. The summed E-state index contributed by atoms with van der Waals surface area (Å²) in [7, 11) is 1.57. The van der Waals surface area contributed by atoms with Gasteiger partial charge in [0.05, 0.1) is 22.2 Å². The van der Waals surface area contributed by atoms with Crippen molar-refractivity contribution < 1.29 is 14.4 Å². The predicted octanol–water partition coefficient (Wildman–Crippen LogP) is 7.27. The molecule has 0 saturated carbocycles. The number of benzene rings is 3. The van der Waals surface area contributed by atoms with Gasteiger partial charge in [0.2, 0.25) is 0 Å². The van der Waals surface area contributed by atoms with Crippen LogP contribution in [-0.2, 0) is 6.61 Å². The average molecular weight is 487 g/mol. The lowest BCUT2D eigenvalue weighted by atomic mass is 10.2. The summed E-state index contributed by atoms with van der Waals surface area (Å²) < 4.78 is 12.1. The average Bonchev–Trinajstić information content (AvgIpc) is 3.19. The van der Waals surface area contributed by atoms with Crippen molar-refractivity contribution in [2.24, 2.45) is 0 Å². The van der Waals surface area contributed by atoms with E-state index in [2.05, 4.69) is 4.98 Å². The van der Waals surface area contributed by atoms with Gasteiger partial charge in [-0.2, -0.15) is 0 Å². The van der Waals surface area contributed by atoms with Gasteiger partial charge < -0.3 is 9.47 Å². The van der Waals surface area contributed by atoms with Gasteiger partial charge in [-0.05, 0) is 42.0 Å². The van der Waals surface area contributed by atoms with Crippen molar-refractivity contribution in [3.8, 4) is 11.5 Å². The molecule has 0 unspecified atom stereocenters. The maximum atomic E-state index is 10.9. The molecule has 3 aromatic carbocycles. The van der Waals surface area contributed by atoms with E-state index in [1.165, 1.54) is 23.5 Å². The van der Waals surface area contributed by atoms with Crippen molar-refractivity contribution in [2.75, 3.05) is 7.11 Å². The molecule has 1 heterocycles. The lowest BCUT2D eigenvalue weighted by Gasteiger charge is -2.12. The summed E-state index contributed by atoms with van der Waals surface area (Å²) in [5, 5.41) is 12.8. The lowest BCUT2D eigenvalue weighted by molar-refractivity contribution is -0.384. The smallest absolute Gasteiger partial charge is 0.270 e. The van der Waals surface area contributed by atoms with E-state index in [0.717, 1.165) is 26.4 Å². The number of thiazole rings is 1. The normalized spacial score (nSPS) is 11.2. The number of aromatic nitrogens is 1. The maximum absolute atomic E-state index is 10.9. The van der Waals surface area contributed by atoms with Gasteiger partial charge in [-0.15, -0.1) is 11.3 Å². The molecule has 0 aliphatic heterocycles. The van der Waals surface area contributed by atoms with Crippen LogP contribution in [0.5, 0.6) is 11.5 Å². The molecule has 4 rings (SSSR count). The van der Waals surface area contributed by atoms with Crippen LogP contribution in [0.25, 0.3) is 22.4 Å². The van der Waals surface area contributed by atoms with Gasteiger partial charge in [0.25, 0.3) is 5.69 Å². The highest BCUT2D eigenvalue weighted by Gasteiger charge is 2.10. The lowest BCUT2D eigenvalue weighted by Crippen LogP contribution is -1.98. The van der Waals surface area contributed by atoms with Crippen LogP contribution in [0.3, 0.4) is 0 Å². The summed E-state index contributed by atoms with van der Waals surface area (Å²) in [6.07, 6.45) is 3.76. The van der Waals surface area contributed by atoms with Gasteiger partial charge in [0.1, 0.15) is 11.6 Å². The third-order valence-electron chi connectivity index (χ3n) is 4.60. The molecule has 0 fully saturated rings. The molecule has 0 radical (unpaired) electrons. The molecule has 0 aliphatic carbocycles. The summed E-state index contributed by atoms with van der Waals surface area (Å²) in [5.41, 5.74) is 2.49. The Morgan fingerprint density at radius 3 is 2.66 bits per heavy atom. The Bertz CT molecular complexity index is 1340. The van der Waals surface area contributed by atoms with E-state index >= 15 is 0 Å². The first-order valence-corrected chi connectivity index (χ1v) is 11.0. The van der Waals surface area contributed by atoms with E-state index in [4.69, 9.17) is 32.7 Å².